The molecule has 0 radical (unpaired) electrons. The monoisotopic (exact) mass is 543 g/mol. The van der Waals surface area contributed by atoms with Crippen molar-refractivity contribution in [1.82, 2.24) is 20.1 Å². The highest BCUT2D eigenvalue weighted by Crippen LogP contribution is 2.30. The Balaban J connectivity index is 1.37. The first-order valence-corrected chi connectivity index (χ1v) is 13.3. The Kier molecular flexibility index (Phi) is 9.41. The maximum absolute atomic E-state index is 12.5. The van der Waals surface area contributed by atoms with Crippen LogP contribution in [0.2, 0.25) is 10.0 Å². The van der Waals surface area contributed by atoms with Crippen molar-refractivity contribution in [3.8, 4) is 22.8 Å². The van der Waals surface area contributed by atoms with Gasteiger partial charge in [-0.3, -0.25) is 14.6 Å². The molecule has 2 aromatic heterocycles. The Bertz CT molecular complexity index is 1210. The standard InChI is InChI=1S/C27H31Cl2N5O3/c28-21-11-10-20(15-22(21)29)34-26(16-23(33-34)19-8-4-12-31-17-19)37-13-5-9-25(35)32-24(27(30)36)14-18-6-2-1-3-7-18/h4,8,10-12,15-18,24H,1-3,5-7,9,13-14H2,(H2,30,36)(H,32,35)/t24-/m0/s1. The molecule has 1 fully saturated rings. The fourth-order valence-electron chi connectivity index (χ4n) is 4.60. The number of nitrogens with two attached hydrogens (primary N) is 1. The number of ether oxygens (including phenoxy) is 1. The molecular weight excluding hydrogens is 513 g/mol. The van der Waals surface area contributed by atoms with Crippen molar-refractivity contribution in [2.45, 2.75) is 57.4 Å². The Morgan fingerprint density at radius 3 is 2.65 bits per heavy atom. The van der Waals surface area contributed by atoms with Gasteiger partial charge in [-0.1, -0.05) is 55.3 Å². The molecule has 0 spiro atoms. The number of hydrogen-bond donors (Lipinski definition) is 2. The lowest BCUT2D eigenvalue weighted by molar-refractivity contribution is -0.127. The molecule has 1 aliphatic carbocycles. The molecule has 37 heavy (non-hydrogen) atoms. The smallest absolute Gasteiger partial charge is 0.240 e. The summed E-state index contributed by atoms with van der Waals surface area (Å²) >= 11 is 12.3. The van der Waals surface area contributed by atoms with Gasteiger partial charge in [-0.15, -0.1) is 0 Å². The minimum Gasteiger partial charge on any atom is -0.478 e. The van der Waals surface area contributed by atoms with Crippen LogP contribution in [0.4, 0.5) is 0 Å². The van der Waals surface area contributed by atoms with Gasteiger partial charge in [0.05, 0.1) is 28.0 Å². The van der Waals surface area contributed by atoms with Crippen molar-refractivity contribution in [2.75, 3.05) is 6.61 Å². The number of nitrogens with one attached hydrogen (secondary N) is 1. The Morgan fingerprint density at radius 1 is 1.14 bits per heavy atom. The summed E-state index contributed by atoms with van der Waals surface area (Å²) in [6.07, 6.45) is 10.4. The van der Waals surface area contributed by atoms with Crippen LogP contribution in [-0.4, -0.2) is 39.2 Å². The number of carbonyl (C=O) groups is 2. The maximum Gasteiger partial charge on any atom is 0.240 e. The summed E-state index contributed by atoms with van der Waals surface area (Å²) in [4.78, 5) is 28.6. The van der Waals surface area contributed by atoms with Crippen molar-refractivity contribution < 1.29 is 14.3 Å². The van der Waals surface area contributed by atoms with E-state index < -0.39 is 11.9 Å². The van der Waals surface area contributed by atoms with Crippen molar-refractivity contribution in [3.05, 3.63) is 58.8 Å². The number of benzene rings is 1. The van der Waals surface area contributed by atoms with Crippen LogP contribution in [0, 0.1) is 5.92 Å². The number of halogens is 2. The lowest BCUT2D eigenvalue weighted by atomic mass is 9.84. The Labute approximate surface area is 226 Å². The van der Waals surface area contributed by atoms with Gasteiger partial charge in [0.15, 0.2) is 0 Å². The summed E-state index contributed by atoms with van der Waals surface area (Å²) in [5.41, 5.74) is 7.76. The molecule has 3 aromatic rings. The number of carbonyl (C=O) groups excluding carboxylic acids is 2. The molecule has 1 atom stereocenters. The number of amides is 2. The van der Waals surface area contributed by atoms with E-state index in [-0.39, 0.29) is 18.9 Å². The van der Waals surface area contributed by atoms with E-state index >= 15 is 0 Å². The van der Waals surface area contributed by atoms with Gasteiger partial charge < -0.3 is 15.8 Å². The van der Waals surface area contributed by atoms with E-state index in [4.69, 9.17) is 33.7 Å². The van der Waals surface area contributed by atoms with Gasteiger partial charge in [0, 0.05) is 30.4 Å². The Hall–Kier alpha value is -3.10. The van der Waals surface area contributed by atoms with Gasteiger partial charge >= 0.3 is 0 Å². The molecule has 196 valence electrons. The minimum atomic E-state index is -0.630. The molecule has 1 aromatic carbocycles. The fraction of sp³-hybridized carbons (Fsp3) is 0.407. The van der Waals surface area contributed by atoms with E-state index in [0.29, 0.717) is 46.1 Å². The van der Waals surface area contributed by atoms with E-state index in [0.717, 1.165) is 18.4 Å². The third-order valence-electron chi connectivity index (χ3n) is 6.55. The van der Waals surface area contributed by atoms with Crippen LogP contribution < -0.4 is 15.8 Å². The third-order valence-corrected chi connectivity index (χ3v) is 7.29. The highest BCUT2D eigenvalue weighted by atomic mass is 35.5. The molecule has 0 aliphatic heterocycles. The molecule has 0 unspecified atom stereocenters. The molecule has 8 nitrogen and oxygen atoms in total. The first kappa shape index (κ1) is 26.9. The van der Waals surface area contributed by atoms with Crippen molar-refractivity contribution in [2.24, 2.45) is 11.7 Å². The summed E-state index contributed by atoms with van der Waals surface area (Å²) in [7, 11) is 0. The van der Waals surface area contributed by atoms with Crippen LogP contribution >= 0.6 is 23.2 Å². The largest absolute Gasteiger partial charge is 0.478 e. The molecule has 0 bridgehead atoms. The van der Waals surface area contributed by atoms with Crippen LogP contribution in [0.15, 0.2) is 48.8 Å². The van der Waals surface area contributed by atoms with Crippen molar-refractivity contribution in [1.29, 1.82) is 0 Å². The molecule has 0 saturated heterocycles. The first-order valence-electron chi connectivity index (χ1n) is 12.6. The van der Waals surface area contributed by atoms with Crippen LogP contribution in [0.1, 0.15) is 51.4 Å². The van der Waals surface area contributed by atoms with Gasteiger partial charge in [-0.05, 0) is 49.1 Å². The fourth-order valence-corrected chi connectivity index (χ4v) is 4.89. The van der Waals surface area contributed by atoms with Crippen LogP contribution in [0.3, 0.4) is 0 Å². The quantitative estimate of drug-likeness (QED) is 0.317. The summed E-state index contributed by atoms with van der Waals surface area (Å²) in [6.45, 7) is 0.275. The van der Waals surface area contributed by atoms with Gasteiger partial charge in [0.2, 0.25) is 17.7 Å². The van der Waals surface area contributed by atoms with Crippen LogP contribution in [0.5, 0.6) is 5.88 Å². The average molecular weight is 544 g/mol. The number of rotatable bonds is 11. The first-order chi connectivity index (χ1) is 17.9. The molecular formula is C27H31Cl2N5O3. The predicted octanol–water partition coefficient (Wildman–Crippen LogP) is 5.34. The van der Waals surface area contributed by atoms with E-state index in [1.165, 1.54) is 19.3 Å². The highest BCUT2D eigenvalue weighted by Gasteiger charge is 2.24. The predicted molar refractivity (Wildman–Crippen MR) is 144 cm³/mol. The second-order valence-electron chi connectivity index (χ2n) is 9.33. The third kappa shape index (κ3) is 7.46. The summed E-state index contributed by atoms with van der Waals surface area (Å²) in [5, 5.41) is 8.33. The van der Waals surface area contributed by atoms with Gasteiger partial charge in [-0.2, -0.15) is 5.10 Å². The number of nitrogens with zero attached hydrogens (tertiary/aromatic N) is 3. The normalized spacial score (nSPS) is 14.8. The highest BCUT2D eigenvalue weighted by molar-refractivity contribution is 6.42. The van der Waals surface area contributed by atoms with E-state index in [9.17, 15) is 9.59 Å². The second-order valence-corrected chi connectivity index (χ2v) is 10.1. The zero-order valence-corrected chi connectivity index (χ0v) is 22.0. The molecule has 10 heteroatoms. The zero-order valence-electron chi connectivity index (χ0n) is 20.5. The van der Waals surface area contributed by atoms with Gasteiger partial charge in [0.1, 0.15) is 6.04 Å². The van der Waals surface area contributed by atoms with E-state index in [1.54, 1.807) is 35.3 Å². The SMILES string of the molecule is NC(=O)[C@H](CC1CCCCC1)NC(=O)CCCOc1cc(-c2cccnc2)nn1-c1ccc(Cl)c(Cl)c1. The summed E-state index contributed by atoms with van der Waals surface area (Å²) in [6, 6.07) is 10.1. The zero-order chi connectivity index (χ0) is 26.2. The number of pyridine rings is 1. The topological polar surface area (TPSA) is 112 Å². The molecule has 2 heterocycles. The van der Waals surface area contributed by atoms with Crippen molar-refractivity contribution >= 4 is 35.0 Å². The average Bonchev–Trinajstić information content (AvgIpc) is 3.33. The molecule has 2 amide bonds. The number of hydrogen-bond acceptors (Lipinski definition) is 5. The molecule has 1 saturated carbocycles. The lowest BCUT2D eigenvalue weighted by Gasteiger charge is -2.25. The van der Waals surface area contributed by atoms with Gasteiger partial charge in [0.25, 0.3) is 0 Å². The number of aromatic nitrogens is 3. The lowest BCUT2D eigenvalue weighted by Crippen LogP contribution is -2.45. The van der Waals surface area contributed by atoms with E-state index in [2.05, 4.69) is 15.4 Å². The number of primary amides is 1. The van der Waals surface area contributed by atoms with E-state index in [1.807, 2.05) is 18.2 Å². The summed E-state index contributed by atoms with van der Waals surface area (Å²) in [5.74, 6) is 0.233. The van der Waals surface area contributed by atoms with Crippen LogP contribution in [-0.2, 0) is 9.59 Å². The van der Waals surface area contributed by atoms with Crippen LogP contribution in [0.25, 0.3) is 16.9 Å². The minimum absolute atomic E-state index is 0.211. The Morgan fingerprint density at radius 2 is 1.95 bits per heavy atom. The molecule has 4 rings (SSSR count). The van der Waals surface area contributed by atoms with Gasteiger partial charge in [-0.25, -0.2) is 4.68 Å². The maximum atomic E-state index is 12.5. The molecule has 3 N–H and O–H groups in total. The summed E-state index contributed by atoms with van der Waals surface area (Å²) < 4.78 is 7.66. The second kappa shape index (κ2) is 12.9. The van der Waals surface area contributed by atoms with Crippen molar-refractivity contribution in [3.63, 3.8) is 0 Å². The molecule has 1 aliphatic rings.